The van der Waals surface area contributed by atoms with Crippen molar-refractivity contribution in [2.45, 2.75) is 0 Å². The highest BCUT2D eigenvalue weighted by Crippen LogP contribution is 2.25. The number of rotatable bonds is 4. The smallest absolute Gasteiger partial charge is 0.234 e. The Balaban J connectivity index is 1.98. The molecule has 1 aromatic heterocycles. The van der Waals surface area contributed by atoms with E-state index in [0.717, 1.165) is 11.3 Å². The van der Waals surface area contributed by atoms with Crippen LogP contribution in [0.2, 0.25) is 5.02 Å². The van der Waals surface area contributed by atoms with E-state index < -0.39 is 0 Å². The van der Waals surface area contributed by atoms with Crippen LogP contribution in [-0.2, 0) is 0 Å². The average molecular weight is 308 g/mol. The summed E-state index contributed by atoms with van der Waals surface area (Å²) in [5.74, 6) is 0.594. The van der Waals surface area contributed by atoms with Gasteiger partial charge in [-0.15, -0.1) is 0 Å². The molecule has 0 spiro atoms. The van der Waals surface area contributed by atoms with Gasteiger partial charge >= 0.3 is 0 Å². The van der Waals surface area contributed by atoms with Gasteiger partial charge in [0, 0.05) is 29.3 Å². The lowest BCUT2D eigenvalue weighted by Gasteiger charge is -2.18. The molecule has 1 heterocycles. The maximum Gasteiger partial charge on any atom is 0.234 e. The molecule has 0 radical (unpaired) electrons. The fourth-order valence-electron chi connectivity index (χ4n) is 2.03. The van der Waals surface area contributed by atoms with Gasteiger partial charge in [0.15, 0.2) is 0 Å². The number of benzene rings is 2. The summed E-state index contributed by atoms with van der Waals surface area (Å²) in [5, 5.41) is 0.673. The van der Waals surface area contributed by atoms with E-state index in [2.05, 4.69) is 9.97 Å². The SMILES string of the molecule is Clc1cccc(N(/C=C/c2ccccc2)c2ncccn2)c1. The monoisotopic (exact) mass is 307 g/mol. The van der Waals surface area contributed by atoms with Crippen LogP contribution in [0.3, 0.4) is 0 Å². The highest BCUT2D eigenvalue weighted by atomic mass is 35.5. The first kappa shape index (κ1) is 14.3. The second-order valence-corrected chi connectivity index (χ2v) is 5.06. The molecule has 0 fully saturated rings. The van der Waals surface area contributed by atoms with Gasteiger partial charge in [-0.05, 0) is 35.9 Å². The van der Waals surface area contributed by atoms with Crippen molar-refractivity contribution < 1.29 is 0 Å². The Morgan fingerprint density at radius 1 is 0.864 bits per heavy atom. The quantitative estimate of drug-likeness (QED) is 0.683. The number of anilines is 2. The molecule has 0 aliphatic rings. The van der Waals surface area contributed by atoms with Gasteiger partial charge in [-0.3, -0.25) is 4.90 Å². The largest absolute Gasteiger partial charge is 0.286 e. The maximum absolute atomic E-state index is 6.10. The van der Waals surface area contributed by atoms with Crippen molar-refractivity contribution in [1.82, 2.24) is 9.97 Å². The Morgan fingerprint density at radius 3 is 2.36 bits per heavy atom. The van der Waals surface area contributed by atoms with Crippen molar-refractivity contribution in [3.63, 3.8) is 0 Å². The van der Waals surface area contributed by atoms with Crippen LogP contribution < -0.4 is 4.90 Å². The van der Waals surface area contributed by atoms with Gasteiger partial charge < -0.3 is 0 Å². The summed E-state index contributed by atoms with van der Waals surface area (Å²) in [5.41, 5.74) is 2.01. The molecule has 3 nitrogen and oxygen atoms in total. The molecule has 0 saturated carbocycles. The zero-order chi connectivity index (χ0) is 15.2. The van der Waals surface area contributed by atoms with E-state index in [1.54, 1.807) is 18.5 Å². The summed E-state index contributed by atoms with van der Waals surface area (Å²) in [7, 11) is 0. The van der Waals surface area contributed by atoms with Crippen molar-refractivity contribution in [1.29, 1.82) is 0 Å². The minimum atomic E-state index is 0.594. The molecular weight excluding hydrogens is 294 g/mol. The van der Waals surface area contributed by atoms with Crippen LogP contribution in [0.25, 0.3) is 6.08 Å². The molecule has 0 aliphatic heterocycles. The van der Waals surface area contributed by atoms with Crippen LogP contribution in [-0.4, -0.2) is 9.97 Å². The van der Waals surface area contributed by atoms with E-state index in [9.17, 15) is 0 Å². The van der Waals surface area contributed by atoms with Gasteiger partial charge in [0.05, 0.1) is 0 Å². The van der Waals surface area contributed by atoms with Crippen molar-refractivity contribution >= 4 is 29.3 Å². The third-order valence-electron chi connectivity index (χ3n) is 3.07. The predicted molar refractivity (Wildman–Crippen MR) is 91.1 cm³/mol. The minimum absolute atomic E-state index is 0.594. The standard InChI is InChI=1S/C18H14ClN3/c19-16-8-4-9-17(14-16)22(18-20-11-5-12-21-18)13-10-15-6-2-1-3-7-15/h1-14H/b13-10+. The summed E-state index contributed by atoms with van der Waals surface area (Å²) in [6.07, 6.45) is 7.39. The number of aromatic nitrogens is 2. The van der Waals surface area contributed by atoms with E-state index in [4.69, 9.17) is 11.6 Å². The van der Waals surface area contributed by atoms with Crippen LogP contribution in [0.15, 0.2) is 79.3 Å². The molecule has 22 heavy (non-hydrogen) atoms. The van der Waals surface area contributed by atoms with E-state index >= 15 is 0 Å². The molecule has 0 aliphatic carbocycles. The van der Waals surface area contributed by atoms with Crippen LogP contribution in [0, 0.1) is 0 Å². The van der Waals surface area contributed by atoms with Crippen LogP contribution >= 0.6 is 11.6 Å². The van der Waals surface area contributed by atoms with Crippen molar-refractivity contribution in [2.75, 3.05) is 4.90 Å². The van der Waals surface area contributed by atoms with Crippen molar-refractivity contribution in [2.24, 2.45) is 0 Å². The van der Waals surface area contributed by atoms with E-state index in [1.165, 1.54) is 0 Å². The predicted octanol–water partition coefficient (Wildman–Crippen LogP) is 4.94. The summed E-state index contributed by atoms with van der Waals surface area (Å²) >= 11 is 6.10. The Bertz CT molecular complexity index is 758. The van der Waals surface area contributed by atoms with Gasteiger partial charge in [-0.1, -0.05) is 48.0 Å². The number of halogens is 1. The molecule has 3 rings (SSSR count). The summed E-state index contributed by atoms with van der Waals surface area (Å²) in [4.78, 5) is 10.5. The molecule has 3 aromatic rings. The van der Waals surface area contributed by atoms with Crippen LogP contribution in [0.5, 0.6) is 0 Å². The van der Waals surface area contributed by atoms with Crippen LogP contribution in [0.4, 0.5) is 11.6 Å². The van der Waals surface area contributed by atoms with E-state index in [0.29, 0.717) is 11.0 Å². The summed E-state index contributed by atoms with van der Waals surface area (Å²) in [6, 6.07) is 19.5. The van der Waals surface area contributed by atoms with Crippen molar-refractivity contribution in [3.8, 4) is 0 Å². The second-order valence-electron chi connectivity index (χ2n) is 4.63. The lowest BCUT2D eigenvalue weighted by molar-refractivity contribution is 1.08. The highest BCUT2D eigenvalue weighted by Gasteiger charge is 2.09. The third-order valence-corrected chi connectivity index (χ3v) is 3.30. The highest BCUT2D eigenvalue weighted by molar-refractivity contribution is 6.30. The second kappa shape index (κ2) is 6.87. The fraction of sp³-hybridized carbons (Fsp3) is 0. The molecule has 0 unspecified atom stereocenters. The zero-order valence-corrected chi connectivity index (χ0v) is 12.6. The molecule has 0 N–H and O–H groups in total. The Kier molecular flexibility index (Phi) is 4.47. The third kappa shape index (κ3) is 3.51. The Morgan fingerprint density at radius 2 is 1.64 bits per heavy atom. The van der Waals surface area contributed by atoms with Gasteiger partial charge in [0.25, 0.3) is 0 Å². The summed E-state index contributed by atoms with van der Waals surface area (Å²) in [6.45, 7) is 0. The molecule has 0 saturated heterocycles. The molecule has 2 aromatic carbocycles. The van der Waals surface area contributed by atoms with E-state index in [1.807, 2.05) is 71.8 Å². The molecular formula is C18H14ClN3. The maximum atomic E-state index is 6.10. The molecule has 0 amide bonds. The first-order valence-corrected chi connectivity index (χ1v) is 7.26. The van der Waals surface area contributed by atoms with Gasteiger partial charge in [-0.2, -0.15) is 0 Å². The average Bonchev–Trinajstić information content (AvgIpc) is 2.57. The topological polar surface area (TPSA) is 29.0 Å². The Labute approximate surface area is 134 Å². The number of hydrogen-bond donors (Lipinski definition) is 0. The zero-order valence-electron chi connectivity index (χ0n) is 11.8. The first-order chi connectivity index (χ1) is 10.8. The van der Waals surface area contributed by atoms with Crippen molar-refractivity contribution in [3.05, 3.63) is 89.8 Å². The summed E-state index contributed by atoms with van der Waals surface area (Å²) < 4.78 is 0. The van der Waals surface area contributed by atoms with Crippen LogP contribution in [0.1, 0.15) is 5.56 Å². The Hall–Kier alpha value is -2.65. The van der Waals surface area contributed by atoms with Gasteiger partial charge in [0.2, 0.25) is 5.95 Å². The molecule has 0 bridgehead atoms. The first-order valence-electron chi connectivity index (χ1n) is 6.88. The normalized spacial score (nSPS) is 10.8. The molecule has 4 heteroatoms. The van der Waals surface area contributed by atoms with Gasteiger partial charge in [0.1, 0.15) is 0 Å². The van der Waals surface area contributed by atoms with Gasteiger partial charge in [-0.25, -0.2) is 9.97 Å². The molecule has 0 atom stereocenters. The lowest BCUT2D eigenvalue weighted by Crippen LogP contribution is -2.11. The number of hydrogen-bond acceptors (Lipinski definition) is 3. The lowest BCUT2D eigenvalue weighted by atomic mass is 10.2. The molecule has 108 valence electrons. The fourth-order valence-corrected chi connectivity index (χ4v) is 2.22. The van der Waals surface area contributed by atoms with E-state index in [-0.39, 0.29) is 0 Å². The number of nitrogens with zero attached hydrogens (tertiary/aromatic N) is 3. The minimum Gasteiger partial charge on any atom is -0.286 e.